The molecular formula is C15H15N3O3. The van der Waals surface area contributed by atoms with Gasteiger partial charge in [-0.05, 0) is 31.9 Å². The minimum Gasteiger partial charge on any atom is -0.359 e. The number of hydrogen-bond acceptors (Lipinski definition) is 5. The van der Waals surface area contributed by atoms with Crippen LogP contribution in [0, 0.1) is 6.92 Å². The lowest BCUT2D eigenvalue weighted by Crippen LogP contribution is -2.36. The summed E-state index contributed by atoms with van der Waals surface area (Å²) in [6.07, 6.45) is 4.60. The number of carbonyl (C=O) groups is 2. The second kappa shape index (κ2) is 5.47. The molecule has 1 amide bonds. The number of pyridine rings is 1. The van der Waals surface area contributed by atoms with E-state index in [0.717, 1.165) is 18.5 Å². The van der Waals surface area contributed by atoms with Crippen LogP contribution in [0.1, 0.15) is 40.7 Å². The van der Waals surface area contributed by atoms with Crippen molar-refractivity contribution >= 4 is 11.7 Å². The summed E-state index contributed by atoms with van der Waals surface area (Å²) < 4.78 is 5.25. The normalized spacial score (nSPS) is 18.0. The Labute approximate surface area is 121 Å². The highest BCUT2D eigenvalue weighted by molar-refractivity contribution is 6.42. The maximum absolute atomic E-state index is 12.4. The minimum atomic E-state index is -0.536. The van der Waals surface area contributed by atoms with Gasteiger partial charge in [0.05, 0.1) is 11.7 Å². The van der Waals surface area contributed by atoms with Gasteiger partial charge in [0, 0.05) is 30.6 Å². The average Bonchev–Trinajstić information content (AvgIpc) is 3.15. The molecule has 0 aromatic carbocycles. The summed E-state index contributed by atoms with van der Waals surface area (Å²) in [5, 5.41) is 3.85. The standard InChI is InChI=1S/C15H15N3O3/c1-10-8-13(21-17-10)12-5-3-7-18(12)15(20)14(19)11-4-2-6-16-9-11/h2,4,6,8-9,12H,3,5,7H2,1H3/t12-/m1/s1. The van der Waals surface area contributed by atoms with E-state index in [1.54, 1.807) is 23.2 Å². The smallest absolute Gasteiger partial charge is 0.295 e. The van der Waals surface area contributed by atoms with Crippen LogP contribution in [0.5, 0.6) is 0 Å². The highest BCUT2D eigenvalue weighted by Gasteiger charge is 2.35. The second-order valence-corrected chi connectivity index (χ2v) is 5.10. The molecule has 1 atom stereocenters. The van der Waals surface area contributed by atoms with Crippen molar-refractivity contribution in [1.29, 1.82) is 0 Å². The number of aromatic nitrogens is 2. The summed E-state index contributed by atoms with van der Waals surface area (Å²) >= 11 is 0. The number of hydrogen-bond donors (Lipinski definition) is 0. The molecule has 0 saturated carbocycles. The van der Waals surface area contributed by atoms with Crippen molar-refractivity contribution in [2.24, 2.45) is 0 Å². The first-order valence-electron chi connectivity index (χ1n) is 6.85. The highest BCUT2D eigenvalue weighted by atomic mass is 16.5. The van der Waals surface area contributed by atoms with Crippen LogP contribution in [0.15, 0.2) is 35.1 Å². The molecule has 0 aliphatic carbocycles. The number of amides is 1. The Balaban J connectivity index is 1.82. The molecule has 0 bridgehead atoms. The van der Waals surface area contributed by atoms with E-state index in [4.69, 9.17) is 4.52 Å². The molecule has 6 nitrogen and oxygen atoms in total. The molecule has 0 radical (unpaired) electrons. The summed E-state index contributed by atoms with van der Waals surface area (Å²) in [6.45, 7) is 2.38. The van der Waals surface area contributed by atoms with Crippen molar-refractivity contribution in [1.82, 2.24) is 15.0 Å². The molecule has 1 aliphatic heterocycles. The van der Waals surface area contributed by atoms with Crippen LogP contribution in [-0.2, 0) is 4.79 Å². The van der Waals surface area contributed by atoms with E-state index in [-0.39, 0.29) is 6.04 Å². The Morgan fingerprint density at radius 2 is 2.29 bits per heavy atom. The van der Waals surface area contributed by atoms with E-state index in [1.807, 2.05) is 13.0 Å². The predicted molar refractivity (Wildman–Crippen MR) is 73.5 cm³/mol. The van der Waals surface area contributed by atoms with Crippen LogP contribution in [0.4, 0.5) is 0 Å². The Morgan fingerprint density at radius 3 is 2.95 bits per heavy atom. The quantitative estimate of drug-likeness (QED) is 0.636. The van der Waals surface area contributed by atoms with Crippen LogP contribution in [-0.4, -0.2) is 33.3 Å². The molecular weight excluding hydrogens is 270 g/mol. The fourth-order valence-corrected chi connectivity index (χ4v) is 2.60. The Kier molecular flexibility index (Phi) is 3.51. The van der Waals surface area contributed by atoms with Crippen LogP contribution in [0.3, 0.4) is 0 Å². The topological polar surface area (TPSA) is 76.3 Å². The summed E-state index contributed by atoms with van der Waals surface area (Å²) in [4.78, 5) is 30.1. The second-order valence-electron chi connectivity index (χ2n) is 5.10. The van der Waals surface area contributed by atoms with Crippen molar-refractivity contribution in [3.63, 3.8) is 0 Å². The van der Waals surface area contributed by atoms with E-state index in [2.05, 4.69) is 10.1 Å². The molecule has 6 heteroatoms. The lowest BCUT2D eigenvalue weighted by molar-refractivity contribution is -0.127. The van der Waals surface area contributed by atoms with Gasteiger partial charge in [-0.1, -0.05) is 5.16 Å². The van der Waals surface area contributed by atoms with Crippen molar-refractivity contribution < 1.29 is 14.1 Å². The van der Waals surface area contributed by atoms with Gasteiger partial charge in [-0.3, -0.25) is 14.6 Å². The van der Waals surface area contributed by atoms with E-state index >= 15 is 0 Å². The third kappa shape index (κ3) is 2.56. The van der Waals surface area contributed by atoms with Gasteiger partial charge < -0.3 is 9.42 Å². The van der Waals surface area contributed by atoms with Crippen LogP contribution in [0.2, 0.25) is 0 Å². The third-order valence-corrected chi connectivity index (χ3v) is 3.61. The fraction of sp³-hybridized carbons (Fsp3) is 0.333. The maximum atomic E-state index is 12.4. The Morgan fingerprint density at radius 1 is 1.43 bits per heavy atom. The minimum absolute atomic E-state index is 0.209. The summed E-state index contributed by atoms with van der Waals surface area (Å²) in [6, 6.07) is 4.84. The Bertz CT molecular complexity index is 666. The molecule has 3 heterocycles. The average molecular weight is 285 g/mol. The first-order chi connectivity index (χ1) is 10.2. The first-order valence-corrected chi connectivity index (χ1v) is 6.85. The molecule has 0 spiro atoms. The molecule has 0 unspecified atom stereocenters. The summed E-state index contributed by atoms with van der Waals surface area (Å²) in [7, 11) is 0. The number of aryl methyl sites for hydroxylation is 1. The lowest BCUT2D eigenvalue weighted by atomic mass is 10.1. The SMILES string of the molecule is Cc1cc([C@H]2CCCN2C(=O)C(=O)c2cccnc2)on1. The summed E-state index contributed by atoms with van der Waals surface area (Å²) in [5.41, 5.74) is 1.07. The van der Waals surface area contributed by atoms with Gasteiger partial charge in [0.15, 0.2) is 5.76 Å². The molecule has 3 rings (SSSR count). The van der Waals surface area contributed by atoms with Crippen molar-refractivity contribution in [2.75, 3.05) is 6.54 Å². The molecule has 0 N–H and O–H groups in total. The van der Waals surface area contributed by atoms with E-state index in [1.165, 1.54) is 6.20 Å². The molecule has 108 valence electrons. The van der Waals surface area contributed by atoms with E-state index in [0.29, 0.717) is 17.9 Å². The Hall–Kier alpha value is -2.50. The molecule has 1 aliphatic rings. The van der Waals surface area contributed by atoms with Crippen molar-refractivity contribution in [3.05, 3.63) is 47.6 Å². The zero-order valence-corrected chi connectivity index (χ0v) is 11.7. The van der Waals surface area contributed by atoms with Gasteiger partial charge in [-0.15, -0.1) is 0 Å². The molecule has 2 aromatic rings. The largest absolute Gasteiger partial charge is 0.359 e. The van der Waals surface area contributed by atoms with E-state index < -0.39 is 11.7 Å². The van der Waals surface area contributed by atoms with Crippen LogP contribution >= 0.6 is 0 Å². The van der Waals surface area contributed by atoms with Crippen LogP contribution in [0.25, 0.3) is 0 Å². The third-order valence-electron chi connectivity index (χ3n) is 3.61. The molecule has 2 aromatic heterocycles. The van der Waals surface area contributed by atoms with Gasteiger partial charge in [0.2, 0.25) is 0 Å². The van der Waals surface area contributed by atoms with Gasteiger partial charge in [-0.2, -0.15) is 0 Å². The van der Waals surface area contributed by atoms with Crippen molar-refractivity contribution in [2.45, 2.75) is 25.8 Å². The number of carbonyl (C=O) groups excluding carboxylic acids is 2. The van der Waals surface area contributed by atoms with Gasteiger partial charge in [0.25, 0.3) is 11.7 Å². The molecule has 1 saturated heterocycles. The van der Waals surface area contributed by atoms with Gasteiger partial charge in [-0.25, -0.2) is 0 Å². The van der Waals surface area contributed by atoms with Gasteiger partial charge in [0.1, 0.15) is 0 Å². The van der Waals surface area contributed by atoms with Gasteiger partial charge >= 0.3 is 0 Å². The molecule has 1 fully saturated rings. The van der Waals surface area contributed by atoms with Crippen molar-refractivity contribution in [3.8, 4) is 0 Å². The number of rotatable bonds is 3. The number of Topliss-reactive ketones (excluding diaryl/α,β-unsaturated/α-hetero) is 1. The fourth-order valence-electron chi connectivity index (χ4n) is 2.60. The van der Waals surface area contributed by atoms with Crippen LogP contribution < -0.4 is 0 Å². The predicted octanol–water partition coefficient (Wildman–Crippen LogP) is 1.92. The van der Waals surface area contributed by atoms with E-state index in [9.17, 15) is 9.59 Å². The molecule has 21 heavy (non-hydrogen) atoms. The number of ketones is 1. The number of nitrogens with zero attached hydrogens (tertiary/aromatic N) is 3. The zero-order chi connectivity index (χ0) is 14.8. The summed E-state index contributed by atoms with van der Waals surface area (Å²) in [5.74, 6) is -0.414. The monoisotopic (exact) mass is 285 g/mol. The lowest BCUT2D eigenvalue weighted by Gasteiger charge is -2.21. The number of likely N-dealkylation sites (tertiary alicyclic amines) is 1. The maximum Gasteiger partial charge on any atom is 0.295 e. The highest BCUT2D eigenvalue weighted by Crippen LogP contribution is 2.32. The first kappa shape index (κ1) is 13.5. The zero-order valence-electron chi connectivity index (χ0n) is 11.7.